The summed E-state index contributed by atoms with van der Waals surface area (Å²) in [5, 5.41) is 6.61. The Morgan fingerprint density at radius 2 is 2.03 bits per heavy atom. The number of hydrogen-bond acceptors (Lipinski definition) is 2. The summed E-state index contributed by atoms with van der Waals surface area (Å²) in [6.45, 7) is 8.63. The number of aliphatic imine (C=N–C) groups is 1. The molecule has 1 aromatic carbocycles. The SMILES string of the molecule is CCNC(=NCC1CCN(C2CC2)C1)NCCC(C)c1cccc(C(F)(F)F)c1. The minimum Gasteiger partial charge on any atom is -0.357 e. The summed E-state index contributed by atoms with van der Waals surface area (Å²) in [4.78, 5) is 7.34. The molecule has 0 radical (unpaired) electrons. The summed E-state index contributed by atoms with van der Waals surface area (Å²) in [7, 11) is 0. The highest BCUT2D eigenvalue weighted by atomic mass is 19.4. The van der Waals surface area contributed by atoms with Crippen LogP contribution in [0.5, 0.6) is 0 Å². The second-order valence-electron chi connectivity index (χ2n) is 8.34. The first-order chi connectivity index (χ1) is 13.9. The van der Waals surface area contributed by atoms with Crippen molar-refractivity contribution in [2.45, 2.75) is 57.7 Å². The third-order valence-corrected chi connectivity index (χ3v) is 5.89. The van der Waals surface area contributed by atoms with Crippen molar-refractivity contribution in [3.63, 3.8) is 0 Å². The Labute approximate surface area is 172 Å². The Bertz CT molecular complexity index is 685. The number of rotatable bonds is 8. The monoisotopic (exact) mass is 410 g/mol. The highest BCUT2D eigenvalue weighted by Crippen LogP contribution is 2.32. The van der Waals surface area contributed by atoms with E-state index in [2.05, 4.69) is 15.5 Å². The molecule has 1 saturated carbocycles. The molecule has 2 unspecified atom stereocenters. The van der Waals surface area contributed by atoms with Gasteiger partial charge >= 0.3 is 6.18 Å². The second-order valence-corrected chi connectivity index (χ2v) is 8.34. The lowest BCUT2D eigenvalue weighted by molar-refractivity contribution is -0.137. The van der Waals surface area contributed by atoms with E-state index in [1.54, 1.807) is 6.07 Å². The summed E-state index contributed by atoms with van der Waals surface area (Å²) >= 11 is 0. The molecule has 2 aliphatic rings. The lowest BCUT2D eigenvalue weighted by atomic mass is 9.96. The maximum absolute atomic E-state index is 12.9. The third-order valence-electron chi connectivity index (χ3n) is 5.89. The Balaban J connectivity index is 1.46. The normalized spacial score (nSPS) is 22.0. The third kappa shape index (κ3) is 6.63. The molecule has 1 heterocycles. The van der Waals surface area contributed by atoms with Gasteiger partial charge in [0.2, 0.25) is 0 Å². The molecule has 2 fully saturated rings. The molecule has 1 aromatic rings. The number of halogens is 3. The lowest BCUT2D eigenvalue weighted by Crippen LogP contribution is -2.38. The topological polar surface area (TPSA) is 39.7 Å². The van der Waals surface area contributed by atoms with Crippen molar-refractivity contribution < 1.29 is 13.2 Å². The summed E-state index contributed by atoms with van der Waals surface area (Å²) in [6, 6.07) is 6.46. The fourth-order valence-electron chi connectivity index (χ4n) is 3.94. The predicted molar refractivity (Wildman–Crippen MR) is 111 cm³/mol. The van der Waals surface area contributed by atoms with E-state index in [1.165, 1.54) is 37.9 Å². The zero-order valence-electron chi connectivity index (χ0n) is 17.4. The van der Waals surface area contributed by atoms with Crippen LogP contribution in [-0.4, -0.2) is 49.6 Å². The maximum atomic E-state index is 12.9. The molecule has 1 aliphatic heterocycles. The molecule has 162 valence electrons. The molecule has 4 nitrogen and oxygen atoms in total. The molecule has 0 aromatic heterocycles. The van der Waals surface area contributed by atoms with Gasteiger partial charge in [0.25, 0.3) is 0 Å². The molecule has 3 rings (SSSR count). The van der Waals surface area contributed by atoms with Gasteiger partial charge in [-0.05, 0) is 62.6 Å². The average Bonchev–Trinajstić information content (AvgIpc) is 3.43. The number of likely N-dealkylation sites (tertiary alicyclic amines) is 1. The largest absolute Gasteiger partial charge is 0.416 e. The molecule has 0 amide bonds. The van der Waals surface area contributed by atoms with Crippen molar-refractivity contribution >= 4 is 5.96 Å². The molecule has 7 heteroatoms. The van der Waals surface area contributed by atoms with Crippen molar-refractivity contribution in [3.8, 4) is 0 Å². The molecular weight excluding hydrogens is 377 g/mol. The quantitative estimate of drug-likeness (QED) is 0.498. The van der Waals surface area contributed by atoms with Gasteiger partial charge in [-0.25, -0.2) is 0 Å². The maximum Gasteiger partial charge on any atom is 0.416 e. The zero-order chi connectivity index (χ0) is 20.9. The number of alkyl halides is 3. The highest BCUT2D eigenvalue weighted by Gasteiger charge is 2.34. The van der Waals surface area contributed by atoms with E-state index in [0.717, 1.165) is 49.7 Å². The van der Waals surface area contributed by atoms with Crippen LogP contribution in [0.3, 0.4) is 0 Å². The molecule has 2 atom stereocenters. The van der Waals surface area contributed by atoms with Gasteiger partial charge in [-0.3, -0.25) is 4.99 Å². The molecule has 2 N–H and O–H groups in total. The molecule has 29 heavy (non-hydrogen) atoms. The van der Waals surface area contributed by atoms with Crippen LogP contribution in [0.25, 0.3) is 0 Å². The molecule has 0 spiro atoms. The summed E-state index contributed by atoms with van der Waals surface area (Å²) < 4.78 is 38.8. The predicted octanol–water partition coefficient (Wildman–Crippen LogP) is 4.24. The number of nitrogens with one attached hydrogen (secondary N) is 2. The first kappa shape index (κ1) is 21.9. The van der Waals surface area contributed by atoms with E-state index in [4.69, 9.17) is 4.99 Å². The van der Waals surface area contributed by atoms with E-state index < -0.39 is 11.7 Å². The van der Waals surface area contributed by atoms with Gasteiger partial charge in [0.05, 0.1) is 5.56 Å². The van der Waals surface area contributed by atoms with Gasteiger partial charge in [-0.2, -0.15) is 13.2 Å². The van der Waals surface area contributed by atoms with Gasteiger partial charge < -0.3 is 15.5 Å². The number of hydrogen-bond donors (Lipinski definition) is 2. The fourth-order valence-corrected chi connectivity index (χ4v) is 3.94. The zero-order valence-corrected chi connectivity index (χ0v) is 17.4. The van der Waals surface area contributed by atoms with Gasteiger partial charge in [0, 0.05) is 32.2 Å². The second kappa shape index (κ2) is 9.83. The molecule has 1 saturated heterocycles. The molecule has 1 aliphatic carbocycles. The van der Waals surface area contributed by atoms with E-state index in [1.807, 2.05) is 13.8 Å². The van der Waals surface area contributed by atoms with Gasteiger partial charge in [0.15, 0.2) is 5.96 Å². The van der Waals surface area contributed by atoms with Crippen molar-refractivity contribution in [1.82, 2.24) is 15.5 Å². The van der Waals surface area contributed by atoms with Crippen molar-refractivity contribution in [3.05, 3.63) is 35.4 Å². The smallest absolute Gasteiger partial charge is 0.357 e. The Morgan fingerprint density at radius 1 is 1.24 bits per heavy atom. The van der Waals surface area contributed by atoms with Crippen molar-refractivity contribution in [2.24, 2.45) is 10.9 Å². The minimum absolute atomic E-state index is 0.0367. The van der Waals surface area contributed by atoms with Crippen LogP contribution < -0.4 is 10.6 Å². The van der Waals surface area contributed by atoms with Crippen LogP contribution in [-0.2, 0) is 6.18 Å². The van der Waals surface area contributed by atoms with Gasteiger partial charge in [-0.15, -0.1) is 0 Å². The van der Waals surface area contributed by atoms with Crippen LogP contribution in [0.15, 0.2) is 29.3 Å². The van der Waals surface area contributed by atoms with Crippen molar-refractivity contribution in [2.75, 3.05) is 32.7 Å². The summed E-state index contributed by atoms with van der Waals surface area (Å²) in [5.41, 5.74) is 0.135. The van der Waals surface area contributed by atoms with E-state index >= 15 is 0 Å². The number of guanidine groups is 1. The standard InChI is InChI=1S/C22H33F3N4/c1-3-26-21(28-14-17-10-12-29(15-17)20-7-8-20)27-11-9-16(2)18-5-4-6-19(13-18)22(23,24)25/h4-6,13,16-17,20H,3,7-12,14-15H2,1-2H3,(H2,26,27,28). The van der Waals surface area contributed by atoms with E-state index in [-0.39, 0.29) is 5.92 Å². The number of benzene rings is 1. The Kier molecular flexibility index (Phi) is 7.44. The van der Waals surface area contributed by atoms with Crippen LogP contribution in [0.4, 0.5) is 13.2 Å². The van der Waals surface area contributed by atoms with Gasteiger partial charge in [-0.1, -0.05) is 25.1 Å². The summed E-state index contributed by atoms with van der Waals surface area (Å²) in [5.74, 6) is 1.46. The van der Waals surface area contributed by atoms with Crippen molar-refractivity contribution in [1.29, 1.82) is 0 Å². The van der Waals surface area contributed by atoms with Crippen LogP contribution in [0.2, 0.25) is 0 Å². The first-order valence-corrected chi connectivity index (χ1v) is 10.8. The van der Waals surface area contributed by atoms with Gasteiger partial charge in [0.1, 0.15) is 0 Å². The van der Waals surface area contributed by atoms with Crippen LogP contribution in [0.1, 0.15) is 56.6 Å². The molecular formula is C22H33F3N4. The average molecular weight is 411 g/mol. The number of nitrogens with zero attached hydrogens (tertiary/aromatic N) is 2. The Morgan fingerprint density at radius 3 is 2.72 bits per heavy atom. The van der Waals surface area contributed by atoms with Crippen LogP contribution >= 0.6 is 0 Å². The van der Waals surface area contributed by atoms with Crippen LogP contribution in [0, 0.1) is 5.92 Å². The highest BCUT2D eigenvalue weighted by molar-refractivity contribution is 5.79. The summed E-state index contributed by atoms with van der Waals surface area (Å²) in [6.07, 6.45) is 0.360. The first-order valence-electron chi connectivity index (χ1n) is 10.8. The van der Waals surface area contributed by atoms with E-state index in [0.29, 0.717) is 12.5 Å². The fraction of sp³-hybridized carbons (Fsp3) is 0.682. The minimum atomic E-state index is -4.30. The Hall–Kier alpha value is -1.76. The van der Waals surface area contributed by atoms with E-state index in [9.17, 15) is 13.2 Å². The molecule has 0 bridgehead atoms. The lowest BCUT2D eigenvalue weighted by Gasteiger charge is -2.17.